The molecule has 2 heteroatoms. The maximum Gasteiger partial charge on any atom is 0.338 e. The highest BCUT2D eigenvalue weighted by atomic mass is 16.5. The molecule has 2 nitrogen and oxygen atoms in total. The van der Waals surface area contributed by atoms with E-state index >= 15 is 0 Å². The molecule has 0 aliphatic rings. The van der Waals surface area contributed by atoms with Gasteiger partial charge in [-0.2, -0.15) is 0 Å². The Morgan fingerprint density at radius 2 is 1.52 bits per heavy atom. The number of esters is 1. The fourth-order valence-electron chi connectivity index (χ4n) is 2.57. The zero-order valence-corrected chi connectivity index (χ0v) is 11.9. The van der Waals surface area contributed by atoms with Gasteiger partial charge in [0, 0.05) is 5.56 Å². The summed E-state index contributed by atoms with van der Waals surface area (Å²) in [7, 11) is 0. The summed E-state index contributed by atoms with van der Waals surface area (Å²) in [6, 6.07) is 21.9. The minimum atomic E-state index is -0.276. The fourth-order valence-corrected chi connectivity index (χ4v) is 2.57. The minimum Gasteiger partial charge on any atom is -0.462 e. The van der Waals surface area contributed by atoms with E-state index in [4.69, 9.17) is 4.74 Å². The molecule has 0 aromatic heterocycles. The number of hydrogen-bond acceptors (Lipinski definition) is 2. The van der Waals surface area contributed by atoms with Gasteiger partial charge in [0.25, 0.3) is 0 Å². The molecule has 3 aromatic rings. The quantitative estimate of drug-likeness (QED) is 0.558. The van der Waals surface area contributed by atoms with Crippen LogP contribution in [0.15, 0.2) is 66.7 Å². The van der Waals surface area contributed by atoms with Crippen LogP contribution in [0.3, 0.4) is 0 Å². The Bertz CT molecular complexity index is 776. The summed E-state index contributed by atoms with van der Waals surface area (Å²) in [6.45, 7) is 2.20. The summed E-state index contributed by atoms with van der Waals surface area (Å²) in [6.07, 6.45) is 0. The van der Waals surface area contributed by atoms with Crippen LogP contribution < -0.4 is 0 Å². The van der Waals surface area contributed by atoms with Crippen LogP contribution >= 0.6 is 0 Å². The summed E-state index contributed by atoms with van der Waals surface area (Å²) in [4.78, 5) is 12.3. The van der Waals surface area contributed by atoms with Crippen molar-refractivity contribution in [2.75, 3.05) is 6.61 Å². The van der Waals surface area contributed by atoms with Gasteiger partial charge in [-0.1, -0.05) is 75.5 Å². The smallest absolute Gasteiger partial charge is 0.338 e. The van der Waals surface area contributed by atoms with Crippen LogP contribution in [-0.2, 0) is 4.74 Å². The number of ether oxygens (including phenoxy) is 1. The van der Waals surface area contributed by atoms with E-state index in [9.17, 15) is 4.79 Å². The first kappa shape index (κ1) is 18.4. The number of benzene rings is 3. The Hall–Kier alpha value is -2.61. The largest absolute Gasteiger partial charge is 0.462 e. The molecule has 0 aliphatic heterocycles. The van der Waals surface area contributed by atoms with Gasteiger partial charge in [-0.3, -0.25) is 0 Å². The van der Waals surface area contributed by atoms with Crippen LogP contribution in [0.5, 0.6) is 0 Å². The molecule has 0 N–H and O–H groups in total. The molecule has 3 rings (SSSR count). The summed E-state index contributed by atoms with van der Waals surface area (Å²) in [5.74, 6) is -0.276. The van der Waals surface area contributed by atoms with Crippen LogP contribution in [0.25, 0.3) is 21.9 Å². The topological polar surface area (TPSA) is 26.3 Å². The molecule has 23 heavy (non-hydrogen) atoms. The molecule has 3 aromatic carbocycles. The molecular weight excluding hydrogens is 284 g/mol. The van der Waals surface area contributed by atoms with Crippen molar-refractivity contribution >= 4 is 16.7 Å². The van der Waals surface area contributed by atoms with Crippen LogP contribution in [-0.4, -0.2) is 12.6 Å². The highest BCUT2D eigenvalue weighted by molar-refractivity contribution is 6.08. The molecule has 0 atom stereocenters. The van der Waals surface area contributed by atoms with Crippen molar-refractivity contribution in [3.63, 3.8) is 0 Å². The number of fused-ring (bicyclic) bond motifs is 1. The van der Waals surface area contributed by atoms with E-state index in [1.807, 2.05) is 67.6 Å². The van der Waals surface area contributed by atoms with Gasteiger partial charge in [0.05, 0.1) is 12.2 Å². The second-order valence-electron chi connectivity index (χ2n) is 4.80. The second kappa shape index (κ2) is 8.14. The van der Waals surface area contributed by atoms with E-state index in [1.54, 1.807) is 0 Å². The lowest BCUT2D eigenvalue weighted by Gasteiger charge is -2.12. The second-order valence-corrected chi connectivity index (χ2v) is 4.80. The van der Waals surface area contributed by atoms with Crippen LogP contribution in [0.1, 0.15) is 32.1 Å². The Morgan fingerprint density at radius 1 is 0.870 bits per heavy atom. The van der Waals surface area contributed by atoms with Crippen LogP contribution in [0, 0.1) is 0 Å². The normalized spacial score (nSPS) is 9.61. The summed E-state index contributed by atoms with van der Waals surface area (Å²) in [5.41, 5.74) is 2.58. The standard InChI is InChI=1S/C19H16O2.2CH4/c1-2-21-19(20)17-13-12-14-8-6-7-11-16(14)18(17)15-9-4-3-5-10-15;;/h3-13H,2H2,1H3;2*1H4. The molecule has 0 unspecified atom stereocenters. The first-order valence-corrected chi connectivity index (χ1v) is 7.05. The van der Waals surface area contributed by atoms with Gasteiger partial charge in [0.1, 0.15) is 0 Å². The first-order chi connectivity index (χ1) is 10.3. The number of hydrogen-bond donors (Lipinski definition) is 0. The first-order valence-electron chi connectivity index (χ1n) is 7.05. The number of rotatable bonds is 3. The molecule has 0 radical (unpaired) electrons. The summed E-state index contributed by atoms with van der Waals surface area (Å²) >= 11 is 0. The van der Waals surface area contributed by atoms with Crippen molar-refractivity contribution in [1.29, 1.82) is 0 Å². The minimum absolute atomic E-state index is 0. The molecular formula is C21H24O2. The van der Waals surface area contributed by atoms with Gasteiger partial charge in [0.15, 0.2) is 0 Å². The third kappa shape index (κ3) is 3.59. The molecule has 0 saturated heterocycles. The van der Waals surface area contributed by atoms with Gasteiger partial charge in [0.2, 0.25) is 0 Å². The Kier molecular flexibility index (Phi) is 6.52. The molecule has 0 spiro atoms. The van der Waals surface area contributed by atoms with E-state index < -0.39 is 0 Å². The number of carbonyl (C=O) groups excluding carboxylic acids is 1. The third-order valence-corrected chi connectivity index (χ3v) is 3.49. The SMILES string of the molecule is C.C.CCOC(=O)c1ccc2ccccc2c1-c1ccccc1. The van der Waals surface area contributed by atoms with E-state index in [-0.39, 0.29) is 20.8 Å². The highest BCUT2D eigenvalue weighted by Gasteiger charge is 2.16. The lowest BCUT2D eigenvalue weighted by molar-refractivity contribution is 0.0527. The summed E-state index contributed by atoms with van der Waals surface area (Å²) < 4.78 is 5.20. The monoisotopic (exact) mass is 308 g/mol. The predicted octanol–water partition coefficient (Wildman–Crippen LogP) is 5.96. The molecule has 0 aliphatic carbocycles. The zero-order chi connectivity index (χ0) is 14.7. The van der Waals surface area contributed by atoms with Crippen molar-refractivity contribution in [1.82, 2.24) is 0 Å². The molecule has 0 fully saturated rings. The van der Waals surface area contributed by atoms with Crippen molar-refractivity contribution in [3.05, 3.63) is 72.3 Å². The summed E-state index contributed by atoms with van der Waals surface area (Å²) in [5, 5.41) is 2.18. The van der Waals surface area contributed by atoms with Crippen molar-refractivity contribution < 1.29 is 9.53 Å². The fraction of sp³-hybridized carbons (Fsp3) is 0.190. The van der Waals surface area contributed by atoms with Crippen molar-refractivity contribution in [2.45, 2.75) is 21.8 Å². The lowest BCUT2D eigenvalue weighted by atomic mass is 9.93. The van der Waals surface area contributed by atoms with Gasteiger partial charge in [-0.05, 0) is 29.3 Å². The van der Waals surface area contributed by atoms with E-state index in [0.29, 0.717) is 12.2 Å². The third-order valence-electron chi connectivity index (χ3n) is 3.49. The Balaban J connectivity index is 0.00000132. The average molecular weight is 308 g/mol. The Labute approximate surface area is 138 Å². The van der Waals surface area contributed by atoms with Gasteiger partial charge in [-0.25, -0.2) is 4.79 Å². The van der Waals surface area contributed by atoms with Crippen molar-refractivity contribution in [2.24, 2.45) is 0 Å². The van der Waals surface area contributed by atoms with E-state index in [0.717, 1.165) is 21.9 Å². The maximum atomic E-state index is 12.3. The van der Waals surface area contributed by atoms with Gasteiger partial charge in [-0.15, -0.1) is 0 Å². The average Bonchev–Trinajstić information content (AvgIpc) is 2.55. The molecule has 120 valence electrons. The van der Waals surface area contributed by atoms with Gasteiger partial charge < -0.3 is 4.74 Å². The van der Waals surface area contributed by atoms with Crippen LogP contribution in [0.4, 0.5) is 0 Å². The maximum absolute atomic E-state index is 12.3. The molecule has 0 amide bonds. The Morgan fingerprint density at radius 3 is 2.22 bits per heavy atom. The molecule has 0 saturated carbocycles. The van der Waals surface area contributed by atoms with E-state index in [2.05, 4.69) is 6.07 Å². The molecule has 0 bridgehead atoms. The van der Waals surface area contributed by atoms with E-state index in [1.165, 1.54) is 0 Å². The number of carbonyl (C=O) groups is 1. The predicted molar refractivity (Wildman–Crippen MR) is 98.8 cm³/mol. The van der Waals surface area contributed by atoms with Crippen molar-refractivity contribution in [3.8, 4) is 11.1 Å². The lowest BCUT2D eigenvalue weighted by Crippen LogP contribution is -2.06. The zero-order valence-electron chi connectivity index (χ0n) is 11.9. The van der Waals surface area contributed by atoms with Gasteiger partial charge >= 0.3 is 5.97 Å². The highest BCUT2D eigenvalue weighted by Crippen LogP contribution is 2.32. The van der Waals surface area contributed by atoms with Crippen LogP contribution in [0.2, 0.25) is 0 Å². The molecule has 0 heterocycles.